The summed E-state index contributed by atoms with van der Waals surface area (Å²) in [5.41, 5.74) is 4.93. The van der Waals surface area contributed by atoms with Crippen LogP contribution in [0, 0.1) is 0 Å². The molecule has 1 unspecified atom stereocenters. The third kappa shape index (κ3) is 5.39. The van der Waals surface area contributed by atoms with Crippen molar-refractivity contribution in [3.63, 3.8) is 0 Å². The van der Waals surface area contributed by atoms with Crippen LogP contribution in [0.15, 0.2) is 171 Å². The van der Waals surface area contributed by atoms with Crippen LogP contribution in [-0.4, -0.2) is 18.4 Å². The molecular weight excluding hydrogens is 764 g/mol. The molecule has 12 rings (SSSR count). The van der Waals surface area contributed by atoms with E-state index in [0.29, 0.717) is 40.8 Å². The van der Waals surface area contributed by atoms with Crippen molar-refractivity contribution >= 4 is 94.7 Å². The minimum absolute atomic E-state index is 0. The molecular formula is C49H30CuN8. The number of aromatic nitrogens is 2. The molecule has 0 fully saturated rings. The van der Waals surface area contributed by atoms with Gasteiger partial charge in [-0.15, -0.1) is 0 Å². The Morgan fingerprint density at radius 3 is 1.59 bits per heavy atom. The number of amidine groups is 2. The molecule has 8 nitrogen and oxygen atoms in total. The summed E-state index contributed by atoms with van der Waals surface area (Å²) < 4.78 is 0. The van der Waals surface area contributed by atoms with Gasteiger partial charge in [0.2, 0.25) is 0 Å². The van der Waals surface area contributed by atoms with Gasteiger partial charge in [-0.05, 0) is 125 Å². The van der Waals surface area contributed by atoms with Gasteiger partial charge in [0, 0.05) is 40.3 Å². The van der Waals surface area contributed by atoms with Gasteiger partial charge in [0.25, 0.3) is 0 Å². The summed E-state index contributed by atoms with van der Waals surface area (Å²) >= 11 is 0. The number of nitrogens with one attached hydrogen (secondary N) is 1. The Bertz CT molecular complexity index is 3580. The largest absolute Gasteiger partial charge is 2.00 e. The van der Waals surface area contributed by atoms with Crippen LogP contribution in [0.5, 0.6) is 0 Å². The summed E-state index contributed by atoms with van der Waals surface area (Å²) in [6.07, 6.45) is -0.539. The van der Waals surface area contributed by atoms with Crippen molar-refractivity contribution in [2.24, 2.45) is 25.0 Å². The van der Waals surface area contributed by atoms with Crippen molar-refractivity contribution in [1.82, 2.24) is 9.97 Å². The van der Waals surface area contributed by atoms with Crippen LogP contribution in [0.3, 0.4) is 0 Å². The Kier molecular flexibility index (Phi) is 7.76. The quantitative estimate of drug-likeness (QED) is 0.132. The van der Waals surface area contributed by atoms with Gasteiger partial charge in [0.1, 0.15) is 6.17 Å². The predicted octanol–water partition coefficient (Wildman–Crippen LogP) is 9.62. The van der Waals surface area contributed by atoms with E-state index in [4.69, 9.17) is 29.9 Å². The number of hydrogen-bond acceptors (Lipinski definition) is 6. The van der Waals surface area contributed by atoms with E-state index in [1.54, 1.807) is 0 Å². The fraction of sp³-hybridized carbons (Fsp3) is 0.0408. The third-order valence-corrected chi connectivity index (χ3v) is 11.3. The molecule has 0 aliphatic carbocycles. The molecule has 0 amide bonds. The molecule has 0 saturated heterocycles. The first-order valence-electron chi connectivity index (χ1n) is 19.0. The van der Waals surface area contributed by atoms with Crippen LogP contribution in [0.1, 0.15) is 28.4 Å². The van der Waals surface area contributed by atoms with Gasteiger partial charge >= 0.3 is 17.1 Å². The molecule has 2 aliphatic rings. The van der Waals surface area contributed by atoms with E-state index in [2.05, 4.69) is 150 Å². The molecule has 6 bridgehead atoms. The van der Waals surface area contributed by atoms with Gasteiger partial charge in [-0.3, -0.25) is 4.99 Å². The molecule has 2 aromatic heterocycles. The first-order valence-corrected chi connectivity index (χ1v) is 19.0. The zero-order valence-corrected chi connectivity index (χ0v) is 31.7. The van der Waals surface area contributed by atoms with E-state index >= 15 is 0 Å². The molecule has 10 aromatic rings. The Hall–Kier alpha value is -7.19. The molecule has 4 heterocycles. The van der Waals surface area contributed by atoms with Crippen LogP contribution in [0.4, 0.5) is 11.6 Å². The molecule has 8 aromatic carbocycles. The van der Waals surface area contributed by atoms with E-state index in [9.17, 15) is 0 Å². The second kappa shape index (κ2) is 13.2. The van der Waals surface area contributed by atoms with E-state index < -0.39 is 6.17 Å². The Morgan fingerprint density at radius 2 is 1.00 bits per heavy atom. The van der Waals surface area contributed by atoms with Crippen molar-refractivity contribution in [3.8, 4) is 0 Å². The molecule has 1 atom stereocenters. The average Bonchev–Trinajstić information content (AvgIpc) is 3.88. The zero-order chi connectivity index (χ0) is 37.6. The topological polar surface area (TPSA) is 102 Å². The molecule has 277 valence electrons. The molecule has 2 aliphatic heterocycles. The van der Waals surface area contributed by atoms with Gasteiger partial charge in [0.05, 0.1) is 11.7 Å². The van der Waals surface area contributed by atoms with Crippen LogP contribution in [0.2, 0.25) is 0 Å². The van der Waals surface area contributed by atoms with Crippen molar-refractivity contribution < 1.29 is 17.1 Å². The standard InChI is InChI=1S/C49H30N8.Cu/c1-50-43-36-19-28-11-3-2-10-27(28)18-35(36)26-51-44-37-20-29-12-4-5-13-30(29)21-38(37)46(53-44)55-48-41-24-33-16-8-9-17-34(33)25-42(41)49(57-48)56-47-40-23-32-15-7-6-14-31(32)22-39(40)45(52-43)54-47;/h2-25,43,52H,1,26H2;/q-2;+2. The number of anilines is 1. The number of rotatable bonds is 1. The number of benzene rings is 8. The van der Waals surface area contributed by atoms with Crippen molar-refractivity contribution in [1.29, 1.82) is 0 Å². The fourth-order valence-corrected chi connectivity index (χ4v) is 8.49. The first-order chi connectivity index (χ1) is 28.1. The van der Waals surface area contributed by atoms with Crippen LogP contribution >= 0.6 is 0 Å². The maximum absolute atomic E-state index is 5.27. The van der Waals surface area contributed by atoms with Gasteiger partial charge < -0.3 is 30.3 Å². The average molecular weight is 794 g/mol. The molecule has 0 saturated carbocycles. The van der Waals surface area contributed by atoms with Crippen molar-refractivity contribution in [2.75, 3.05) is 5.32 Å². The summed E-state index contributed by atoms with van der Waals surface area (Å²) in [6, 6.07) is 50.7. The van der Waals surface area contributed by atoms with Gasteiger partial charge in [0.15, 0.2) is 0 Å². The number of hydrogen-bond donors (Lipinski definition) is 1. The Balaban J connectivity index is 0.00000385. The Morgan fingerprint density at radius 1 is 0.517 bits per heavy atom. The van der Waals surface area contributed by atoms with E-state index in [1.165, 1.54) is 0 Å². The van der Waals surface area contributed by atoms with Crippen LogP contribution in [-0.2, 0) is 23.6 Å². The summed E-state index contributed by atoms with van der Waals surface area (Å²) in [4.78, 5) is 36.0. The monoisotopic (exact) mass is 793 g/mol. The number of aliphatic imine (C=N–C) groups is 3. The van der Waals surface area contributed by atoms with Gasteiger partial charge in [-0.2, -0.15) is 0 Å². The molecule has 1 N–H and O–H groups in total. The van der Waals surface area contributed by atoms with Crippen LogP contribution in [0.25, 0.3) is 64.6 Å². The molecule has 0 spiro atoms. The maximum Gasteiger partial charge on any atom is 2.00 e. The maximum atomic E-state index is 5.27. The third-order valence-electron chi connectivity index (χ3n) is 11.3. The van der Waals surface area contributed by atoms with Gasteiger partial charge in [-0.25, -0.2) is 4.99 Å². The van der Waals surface area contributed by atoms with Gasteiger partial charge in [-0.1, -0.05) is 103 Å². The summed E-state index contributed by atoms with van der Waals surface area (Å²) in [6.45, 7) is 4.44. The normalized spacial score (nSPS) is 15.8. The van der Waals surface area contributed by atoms with E-state index in [-0.39, 0.29) is 17.1 Å². The minimum Gasteiger partial charge on any atom is -0.416 e. The molecule has 9 heteroatoms. The summed E-state index contributed by atoms with van der Waals surface area (Å²) in [7, 11) is 0. The Labute approximate surface area is 342 Å². The van der Waals surface area contributed by atoms with Crippen molar-refractivity contribution in [3.05, 3.63) is 179 Å². The van der Waals surface area contributed by atoms with Crippen LogP contribution < -0.4 is 26.3 Å². The zero-order valence-electron chi connectivity index (χ0n) is 30.8. The SMILES string of the molecule is C=NC1Nc2[n-]c(c3cc4ccccc4cc23)/N=C2\N=C(N=c3[n-]c(c4cc5ccccc5cc34)=NCc3cc4ccccc4cc31)c1cc3ccccc3cc12.[Cu+2]. The summed E-state index contributed by atoms with van der Waals surface area (Å²) in [5.74, 6) is 2.31. The summed E-state index contributed by atoms with van der Waals surface area (Å²) in [5, 5.41) is 16.2. The predicted molar refractivity (Wildman–Crippen MR) is 232 cm³/mol. The number of fused-ring (bicyclic) bond motifs is 19. The molecule has 58 heavy (non-hydrogen) atoms. The second-order valence-electron chi connectivity index (χ2n) is 14.7. The first kappa shape index (κ1) is 34.1. The second-order valence-corrected chi connectivity index (χ2v) is 14.7. The van der Waals surface area contributed by atoms with E-state index in [0.717, 1.165) is 86.9 Å². The van der Waals surface area contributed by atoms with E-state index in [1.807, 2.05) is 12.1 Å². The minimum atomic E-state index is -0.539. The smallest absolute Gasteiger partial charge is 0.416 e. The molecule has 1 radical (unpaired) electrons. The van der Waals surface area contributed by atoms with Crippen molar-refractivity contribution in [2.45, 2.75) is 12.7 Å². The number of nitrogens with zero attached hydrogens (tertiary/aromatic N) is 7. The fourth-order valence-electron chi connectivity index (χ4n) is 8.49.